The van der Waals surface area contributed by atoms with Crippen molar-refractivity contribution in [1.82, 2.24) is 18.7 Å². The summed E-state index contributed by atoms with van der Waals surface area (Å²) < 4.78 is 42.5. The minimum Gasteiger partial charge on any atom is -0.369 e. The first-order valence-electron chi connectivity index (χ1n) is 13.6. The molecular weight excluding hydrogens is 501 g/mol. The average molecular weight is 540 g/mol. The van der Waals surface area contributed by atoms with E-state index in [9.17, 15) is 12.8 Å². The highest BCUT2D eigenvalue weighted by molar-refractivity contribution is 7.88. The first-order chi connectivity index (χ1) is 18.1. The van der Waals surface area contributed by atoms with Gasteiger partial charge in [-0.25, -0.2) is 12.8 Å². The first kappa shape index (κ1) is 25.8. The molecule has 1 aliphatic carbocycles. The number of rotatable bonds is 5. The molecule has 3 unspecified atom stereocenters. The Labute approximate surface area is 225 Å². The number of fused-ring (bicyclic) bond motifs is 2. The van der Waals surface area contributed by atoms with Gasteiger partial charge in [0.15, 0.2) is 0 Å². The molecule has 6 rings (SSSR count). The van der Waals surface area contributed by atoms with Crippen molar-refractivity contribution in [3.05, 3.63) is 65.1 Å². The fourth-order valence-corrected chi connectivity index (χ4v) is 7.87. The van der Waals surface area contributed by atoms with Crippen molar-refractivity contribution >= 4 is 26.6 Å². The number of aryl methyl sites for hydroxylation is 2. The number of aromatic nitrogens is 1. The first-order valence-corrected chi connectivity index (χ1v) is 15.4. The van der Waals surface area contributed by atoms with Crippen molar-refractivity contribution in [2.75, 3.05) is 64.5 Å². The second-order valence-electron chi connectivity index (χ2n) is 11.5. The molecule has 1 aromatic heterocycles. The summed E-state index contributed by atoms with van der Waals surface area (Å²) in [5.74, 6) is 0.263. The second-order valence-corrected chi connectivity index (χ2v) is 13.5. The number of likely N-dealkylation sites (tertiary alicyclic amines) is 1. The highest BCUT2D eigenvalue weighted by atomic mass is 32.2. The Morgan fingerprint density at radius 2 is 1.79 bits per heavy atom. The van der Waals surface area contributed by atoms with Gasteiger partial charge in [-0.1, -0.05) is 18.2 Å². The monoisotopic (exact) mass is 539 g/mol. The van der Waals surface area contributed by atoms with Gasteiger partial charge in [0.2, 0.25) is 10.0 Å². The van der Waals surface area contributed by atoms with Crippen LogP contribution in [-0.2, 0) is 23.5 Å². The Morgan fingerprint density at radius 1 is 1.03 bits per heavy atom. The summed E-state index contributed by atoms with van der Waals surface area (Å²) in [6, 6.07) is 12.7. The van der Waals surface area contributed by atoms with Crippen molar-refractivity contribution in [1.29, 1.82) is 0 Å². The molecule has 3 atom stereocenters. The molecule has 0 radical (unpaired) electrons. The van der Waals surface area contributed by atoms with Crippen molar-refractivity contribution in [2.45, 2.75) is 30.8 Å². The van der Waals surface area contributed by atoms with E-state index in [4.69, 9.17) is 0 Å². The molecule has 3 heterocycles. The molecule has 0 spiro atoms. The van der Waals surface area contributed by atoms with Crippen LogP contribution in [0.4, 0.5) is 10.1 Å². The van der Waals surface area contributed by atoms with Gasteiger partial charge in [-0.05, 0) is 56.3 Å². The molecule has 9 heteroatoms. The van der Waals surface area contributed by atoms with Crippen molar-refractivity contribution in [3.8, 4) is 0 Å². The molecule has 38 heavy (non-hydrogen) atoms. The maximum atomic E-state index is 14.9. The van der Waals surface area contributed by atoms with Gasteiger partial charge >= 0.3 is 0 Å². The van der Waals surface area contributed by atoms with E-state index in [0.717, 1.165) is 42.7 Å². The fourth-order valence-electron chi connectivity index (χ4n) is 7.05. The summed E-state index contributed by atoms with van der Waals surface area (Å²) in [6.45, 7) is 4.25. The van der Waals surface area contributed by atoms with Crippen LogP contribution in [0.3, 0.4) is 0 Å². The van der Waals surface area contributed by atoms with Gasteiger partial charge < -0.3 is 14.4 Å². The average Bonchev–Trinajstić information content (AvgIpc) is 3.59. The lowest BCUT2D eigenvalue weighted by Gasteiger charge is -2.34. The quantitative estimate of drug-likeness (QED) is 0.498. The molecule has 7 nitrogen and oxygen atoms in total. The summed E-state index contributed by atoms with van der Waals surface area (Å²) in [4.78, 5) is 7.12. The van der Waals surface area contributed by atoms with Crippen LogP contribution in [-0.4, -0.2) is 92.8 Å². The third kappa shape index (κ3) is 4.43. The Morgan fingerprint density at radius 3 is 2.50 bits per heavy atom. The number of hydrogen-bond acceptors (Lipinski definition) is 5. The highest BCUT2D eigenvalue weighted by Crippen LogP contribution is 2.44. The van der Waals surface area contributed by atoms with E-state index in [-0.39, 0.29) is 11.9 Å². The summed E-state index contributed by atoms with van der Waals surface area (Å²) in [7, 11) is 3.27. The lowest BCUT2D eigenvalue weighted by Crippen LogP contribution is -2.48. The van der Waals surface area contributed by atoms with E-state index in [1.165, 1.54) is 22.7 Å². The van der Waals surface area contributed by atoms with Crippen LogP contribution >= 0.6 is 0 Å². The van der Waals surface area contributed by atoms with E-state index in [1.807, 2.05) is 6.07 Å². The van der Waals surface area contributed by atoms with E-state index < -0.39 is 10.0 Å². The van der Waals surface area contributed by atoms with Gasteiger partial charge in [-0.3, -0.25) is 4.90 Å². The lowest BCUT2D eigenvalue weighted by atomic mass is 9.93. The summed E-state index contributed by atoms with van der Waals surface area (Å²) >= 11 is 0. The maximum Gasteiger partial charge on any atom is 0.211 e. The minimum absolute atomic E-state index is 0.0649. The van der Waals surface area contributed by atoms with Crippen LogP contribution < -0.4 is 4.90 Å². The fraction of sp³-hybridized carbons (Fsp3) is 0.517. The van der Waals surface area contributed by atoms with Crippen molar-refractivity contribution < 1.29 is 12.8 Å². The Kier molecular flexibility index (Phi) is 6.53. The van der Waals surface area contributed by atoms with Crippen LogP contribution in [0.2, 0.25) is 0 Å². The highest BCUT2D eigenvalue weighted by Gasteiger charge is 2.42. The molecule has 2 aliphatic heterocycles. The molecule has 2 aromatic carbocycles. The zero-order chi connectivity index (χ0) is 26.8. The van der Waals surface area contributed by atoms with Gasteiger partial charge in [0.25, 0.3) is 0 Å². The normalized spacial score (nSPS) is 25.1. The predicted octanol–water partition coefficient (Wildman–Crippen LogP) is 3.42. The van der Waals surface area contributed by atoms with E-state index in [0.29, 0.717) is 38.1 Å². The third-order valence-electron chi connectivity index (χ3n) is 9.06. The van der Waals surface area contributed by atoms with E-state index in [1.54, 1.807) is 10.4 Å². The number of nitrogens with zero attached hydrogens (tertiary/aromatic N) is 5. The molecule has 0 bridgehead atoms. The van der Waals surface area contributed by atoms with Crippen LogP contribution in [0.5, 0.6) is 0 Å². The van der Waals surface area contributed by atoms with Crippen molar-refractivity contribution in [3.63, 3.8) is 0 Å². The molecular formula is C29H38FN5O2S. The zero-order valence-electron chi connectivity index (χ0n) is 22.8. The lowest BCUT2D eigenvalue weighted by molar-refractivity contribution is 0.213. The van der Waals surface area contributed by atoms with Crippen LogP contribution in [0, 0.1) is 5.82 Å². The Bertz CT molecular complexity index is 1460. The number of piperazine rings is 1. The van der Waals surface area contributed by atoms with Crippen molar-refractivity contribution in [2.24, 2.45) is 7.05 Å². The smallest absolute Gasteiger partial charge is 0.211 e. The number of sulfonamides is 1. The summed E-state index contributed by atoms with van der Waals surface area (Å²) in [5, 5.41) is 1.27. The SMILES string of the molecule is CN(C)C1CN(C2CCc3cccc(F)c32)CC1c1cn(C)c2cc(N3CCN(S(C)(=O)=O)CC3)ccc12. The molecule has 0 saturated carbocycles. The third-order valence-corrected chi connectivity index (χ3v) is 10.4. The predicted molar refractivity (Wildman–Crippen MR) is 151 cm³/mol. The van der Waals surface area contributed by atoms with E-state index >= 15 is 0 Å². The van der Waals surface area contributed by atoms with E-state index in [2.05, 4.69) is 70.9 Å². The molecule has 0 N–H and O–H groups in total. The molecule has 2 saturated heterocycles. The van der Waals surface area contributed by atoms with Crippen LogP contribution in [0.25, 0.3) is 10.9 Å². The molecule has 3 aromatic rings. The van der Waals surface area contributed by atoms with Gasteiger partial charge in [-0.2, -0.15) is 4.31 Å². The standard InChI is InChI=1S/C29H38FN5O2S/c1-31(2)28-19-34(26-11-8-20-6-5-7-25(30)29(20)26)18-24(28)23-17-32(3)27-16-21(9-10-22(23)27)33-12-14-35(15-13-33)38(4,36)37/h5-7,9-10,16-17,24,26,28H,8,11-15,18-19H2,1-4H3. The maximum absolute atomic E-state index is 14.9. The Hall–Kier alpha value is -2.46. The Balaban J connectivity index is 1.28. The summed E-state index contributed by atoms with van der Waals surface area (Å²) in [5.41, 5.74) is 5.74. The zero-order valence-corrected chi connectivity index (χ0v) is 23.6. The number of hydrogen-bond donors (Lipinski definition) is 0. The number of halogens is 1. The van der Waals surface area contributed by atoms with Gasteiger partial charge in [0.05, 0.1) is 11.8 Å². The van der Waals surface area contributed by atoms with Crippen LogP contribution in [0.1, 0.15) is 35.1 Å². The van der Waals surface area contributed by atoms with Gasteiger partial charge in [0, 0.05) is 87.2 Å². The van der Waals surface area contributed by atoms with Crippen LogP contribution in [0.15, 0.2) is 42.6 Å². The molecule has 204 valence electrons. The molecule has 3 aliphatic rings. The largest absolute Gasteiger partial charge is 0.369 e. The summed E-state index contributed by atoms with van der Waals surface area (Å²) in [6.07, 6.45) is 5.49. The minimum atomic E-state index is -3.15. The van der Waals surface area contributed by atoms with Gasteiger partial charge in [-0.15, -0.1) is 0 Å². The second kappa shape index (κ2) is 9.62. The molecule has 2 fully saturated rings. The topological polar surface area (TPSA) is 52.0 Å². The number of anilines is 1. The number of benzene rings is 2. The number of likely N-dealkylation sites (N-methyl/N-ethyl adjacent to an activating group) is 1. The van der Waals surface area contributed by atoms with Gasteiger partial charge in [0.1, 0.15) is 5.82 Å². The molecule has 0 amide bonds.